The maximum Gasteiger partial charge on any atom is 0.0678 e. The molecule has 2 aromatic rings. The molecule has 0 bridgehead atoms. The molecular formula is C17H24N2OS. The number of hydrogen-bond acceptors (Lipinski definition) is 4. The first kappa shape index (κ1) is 15.0. The van der Waals surface area contributed by atoms with Gasteiger partial charge in [0.25, 0.3) is 0 Å². The number of nitrogens with zero attached hydrogens (tertiary/aromatic N) is 2. The molecule has 4 heteroatoms. The molecule has 0 N–H and O–H groups in total. The van der Waals surface area contributed by atoms with Crippen molar-refractivity contribution in [3.63, 3.8) is 0 Å². The van der Waals surface area contributed by atoms with Gasteiger partial charge in [-0.2, -0.15) is 0 Å². The Labute approximate surface area is 131 Å². The van der Waals surface area contributed by atoms with Crippen LogP contribution >= 0.6 is 11.3 Å². The minimum absolute atomic E-state index is 0.429. The monoisotopic (exact) mass is 304 g/mol. The lowest BCUT2D eigenvalue weighted by molar-refractivity contribution is -0.00812. The van der Waals surface area contributed by atoms with E-state index in [1.807, 2.05) is 11.3 Å². The summed E-state index contributed by atoms with van der Waals surface area (Å²) in [5, 5.41) is 1.36. The van der Waals surface area contributed by atoms with E-state index < -0.39 is 0 Å². The molecule has 0 radical (unpaired) electrons. The van der Waals surface area contributed by atoms with Gasteiger partial charge in [0, 0.05) is 22.7 Å². The summed E-state index contributed by atoms with van der Waals surface area (Å²) in [5.41, 5.74) is 0. The van der Waals surface area contributed by atoms with Crippen molar-refractivity contribution >= 4 is 21.4 Å². The lowest BCUT2D eigenvalue weighted by Crippen LogP contribution is -2.40. The molecule has 114 valence electrons. The number of rotatable bonds is 5. The second-order valence-electron chi connectivity index (χ2n) is 5.97. The third-order valence-electron chi connectivity index (χ3n) is 4.06. The van der Waals surface area contributed by atoms with Crippen molar-refractivity contribution in [3.8, 4) is 0 Å². The van der Waals surface area contributed by atoms with Gasteiger partial charge in [-0.15, -0.1) is 11.3 Å². The zero-order valence-corrected chi connectivity index (χ0v) is 13.7. The van der Waals surface area contributed by atoms with Gasteiger partial charge in [-0.3, -0.25) is 4.90 Å². The van der Waals surface area contributed by atoms with Crippen molar-refractivity contribution in [2.45, 2.75) is 12.5 Å². The number of fused-ring (bicyclic) bond motifs is 1. The summed E-state index contributed by atoms with van der Waals surface area (Å²) in [4.78, 5) is 6.30. The van der Waals surface area contributed by atoms with E-state index in [9.17, 15) is 0 Å². The number of hydrogen-bond donors (Lipinski definition) is 0. The molecule has 0 spiro atoms. The third-order valence-corrected chi connectivity index (χ3v) is 5.28. The lowest BCUT2D eigenvalue weighted by Gasteiger charge is -2.35. The average molecular weight is 304 g/mol. The van der Waals surface area contributed by atoms with Gasteiger partial charge in [-0.1, -0.05) is 18.2 Å². The second-order valence-corrected chi connectivity index (χ2v) is 7.09. The molecule has 0 amide bonds. The van der Waals surface area contributed by atoms with Crippen molar-refractivity contribution < 1.29 is 4.74 Å². The van der Waals surface area contributed by atoms with Gasteiger partial charge in [-0.25, -0.2) is 0 Å². The van der Waals surface area contributed by atoms with E-state index in [-0.39, 0.29) is 0 Å². The highest BCUT2D eigenvalue weighted by Gasteiger charge is 2.25. The first-order chi connectivity index (χ1) is 10.2. The number of ether oxygens (including phenoxy) is 1. The SMILES string of the molecule is CN(C)CCCN1CCOCC1c1cc2ccccc2s1. The maximum atomic E-state index is 5.74. The van der Waals surface area contributed by atoms with Gasteiger partial charge in [-0.05, 0) is 44.6 Å². The van der Waals surface area contributed by atoms with E-state index in [1.54, 1.807) is 0 Å². The fourth-order valence-electron chi connectivity index (χ4n) is 2.92. The number of thiophene rings is 1. The molecular weight excluding hydrogens is 280 g/mol. The zero-order chi connectivity index (χ0) is 14.7. The van der Waals surface area contributed by atoms with Crippen LogP contribution in [0.15, 0.2) is 30.3 Å². The summed E-state index contributed by atoms with van der Waals surface area (Å²) in [6.45, 7) is 5.04. The average Bonchev–Trinajstić information content (AvgIpc) is 2.91. The summed E-state index contributed by atoms with van der Waals surface area (Å²) >= 11 is 1.92. The van der Waals surface area contributed by atoms with Crippen LogP contribution in [0.1, 0.15) is 17.3 Å². The largest absolute Gasteiger partial charge is 0.378 e. The van der Waals surface area contributed by atoms with Gasteiger partial charge in [0.05, 0.1) is 19.3 Å². The second kappa shape index (κ2) is 6.88. The van der Waals surface area contributed by atoms with Gasteiger partial charge in [0.1, 0.15) is 0 Å². The van der Waals surface area contributed by atoms with E-state index in [2.05, 4.69) is 54.2 Å². The van der Waals surface area contributed by atoms with Crippen LogP contribution < -0.4 is 0 Å². The van der Waals surface area contributed by atoms with Crippen LogP contribution in [0.2, 0.25) is 0 Å². The third kappa shape index (κ3) is 3.64. The minimum atomic E-state index is 0.429. The van der Waals surface area contributed by atoms with E-state index in [4.69, 9.17) is 4.74 Å². The summed E-state index contributed by atoms with van der Waals surface area (Å²) < 4.78 is 7.13. The van der Waals surface area contributed by atoms with Crippen molar-refractivity contribution in [1.29, 1.82) is 0 Å². The Morgan fingerprint density at radius 1 is 1.33 bits per heavy atom. The van der Waals surface area contributed by atoms with Crippen LogP contribution in [0.4, 0.5) is 0 Å². The molecule has 3 nitrogen and oxygen atoms in total. The molecule has 2 heterocycles. The highest BCUT2D eigenvalue weighted by atomic mass is 32.1. The Morgan fingerprint density at radius 3 is 3.00 bits per heavy atom. The number of morpholine rings is 1. The molecule has 1 saturated heterocycles. The molecule has 1 aliphatic rings. The molecule has 1 fully saturated rings. The minimum Gasteiger partial charge on any atom is -0.378 e. The van der Waals surface area contributed by atoms with Crippen LogP contribution in [0.3, 0.4) is 0 Å². The molecule has 1 aromatic carbocycles. The van der Waals surface area contributed by atoms with Crippen LogP contribution in [0.5, 0.6) is 0 Å². The van der Waals surface area contributed by atoms with E-state index in [0.29, 0.717) is 6.04 Å². The molecule has 1 atom stereocenters. The van der Waals surface area contributed by atoms with Gasteiger partial charge in [0.15, 0.2) is 0 Å². The standard InChI is InChI=1S/C17H24N2OS/c1-18(2)8-5-9-19-10-11-20-13-15(19)17-12-14-6-3-4-7-16(14)21-17/h3-4,6-7,12,15H,5,8-11,13H2,1-2H3. The summed E-state index contributed by atoms with van der Waals surface area (Å²) in [6, 6.07) is 11.4. The van der Waals surface area contributed by atoms with Gasteiger partial charge in [0.2, 0.25) is 0 Å². The summed E-state index contributed by atoms with van der Waals surface area (Å²) in [7, 11) is 4.28. The summed E-state index contributed by atoms with van der Waals surface area (Å²) in [6.07, 6.45) is 1.22. The van der Waals surface area contributed by atoms with Crippen molar-refractivity contribution in [3.05, 3.63) is 35.2 Å². The Morgan fingerprint density at radius 2 is 2.19 bits per heavy atom. The lowest BCUT2D eigenvalue weighted by atomic mass is 10.1. The predicted octanol–water partition coefficient (Wildman–Crippen LogP) is 3.23. The molecule has 0 saturated carbocycles. The van der Waals surface area contributed by atoms with E-state index >= 15 is 0 Å². The Hall–Kier alpha value is -0.940. The highest BCUT2D eigenvalue weighted by Crippen LogP contribution is 2.34. The van der Waals surface area contributed by atoms with Crippen molar-refractivity contribution in [2.75, 3.05) is 46.9 Å². The molecule has 3 rings (SSSR count). The first-order valence-corrected chi connectivity index (χ1v) is 8.51. The first-order valence-electron chi connectivity index (χ1n) is 7.69. The predicted molar refractivity (Wildman–Crippen MR) is 90.1 cm³/mol. The molecule has 21 heavy (non-hydrogen) atoms. The van der Waals surface area contributed by atoms with Crippen LogP contribution in [0, 0.1) is 0 Å². The van der Waals surface area contributed by atoms with Crippen molar-refractivity contribution in [2.24, 2.45) is 0 Å². The maximum absolute atomic E-state index is 5.74. The zero-order valence-electron chi connectivity index (χ0n) is 12.9. The molecule has 1 unspecified atom stereocenters. The smallest absolute Gasteiger partial charge is 0.0678 e. The highest BCUT2D eigenvalue weighted by molar-refractivity contribution is 7.19. The Kier molecular flexibility index (Phi) is 4.91. The summed E-state index contributed by atoms with van der Waals surface area (Å²) in [5.74, 6) is 0. The van der Waals surface area contributed by atoms with E-state index in [0.717, 1.165) is 32.8 Å². The van der Waals surface area contributed by atoms with Crippen LogP contribution in [0.25, 0.3) is 10.1 Å². The Bertz CT molecular complexity index is 548. The van der Waals surface area contributed by atoms with Crippen LogP contribution in [-0.4, -0.2) is 56.7 Å². The molecule has 0 aliphatic carbocycles. The Balaban J connectivity index is 1.73. The van der Waals surface area contributed by atoms with Crippen LogP contribution in [-0.2, 0) is 4.74 Å². The van der Waals surface area contributed by atoms with E-state index in [1.165, 1.54) is 21.4 Å². The normalized spacial score (nSPS) is 20.4. The fourth-order valence-corrected chi connectivity index (χ4v) is 4.11. The van der Waals surface area contributed by atoms with Gasteiger partial charge < -0.3 is 9.64 Å². The number of benzene rings is 1. The quantitative estimate of drug-likeness (QED) is 0.843. The molecule has 1 aliphatic heterocycles. The fraction of sp³-hybridized carbons (Fsp3) is 0.529. The van der Waals surface area contributed by atoms with Gasteiger partial charge >= 0.3 is 0 Å². The van der Waals surface area contributed by atoms with Crippen molar-refractivity contribution in [1.82, 2.24) is 9.80 Å². The molecule has 1 aromatic heterocycles. The topological polar surface area (TPSA) is 15.7 Å².